The van der Waals surface area contributed by atoms with E-state index in [1.165, 1.54) is 5.56 Å². The number of fused-ring (bicyclic) bond motifs is 5. The van der Waals surface area contributed by atoms with E-state index in [4.69, 9.17) is 4.74 Å². The van der Waals surface area contributed by atoms with E-state index in [2.05, 4.69) is 146 Å². The first-order valence-corrected chi connectivity index (χ1v) is 16.9. The Bertz CT molecular complexity index is 2510. The van der Waals surface area contributed by atoms with Crippen LogP contribution >= 0.6 is 0 Å². The molecule has 8 aromatic carbocycles. The Hall–Kier alpha value is -6.64. The number of benzene rings is 8. The Kier molecular flexibility index (Phi) is 7.33. The topological polar surface area (TPSA) is 29.5 Å². The number of phenols is 1. The number of rotatable bonds is 5. The second-order valence-corrected chi connectivity index (χ2v) is 12.7. The van der Waals surface area contributed by atoms with E-state index in [0.29, 0.717) is 0 Å². The quantitative estimate of drug-likeness (QED) is 0.203. The zero-order valence-electron chi connectivity index (χ0n) is 27.3. The average Bonchev–Trinajstić information content (AvgIpc) is 3.33. The normalized spacial score (nSPS) is 11.4. The molecule has 236 valence electrons. The Labute approximate surface area is 292 Å². The first-order valence-electron chi connectivity index (χ1n) is 16.9. The smallest absolute Gasteiger partial charge is 0.135 e. The van der Waals surface area contributed by atoms with Gasteiger partial charge in [0.1, 0.15) is 17.2 Å². The van der Waals surface area contributed by atoms with Gasteiger partial charge < -0.3 is 9.84 Å². The van der Waals surface area contributed by atoms with Crippen LogP contribution in [-0.4, -0.2) is 5.11 Å². The minimum absolute atomic E-state index is 0.259. The molecule has 1 aliphatic rings. The molecule has 0 fully saturated rings. The summed E-state index contributed by atoms with van der Waals surface area (Å²) in [5.41, 5.74) is 15.1. The molecular weight excluding hydrogens is 609 g/mol. The SMILES string of the molecule is Oc1ccc(-c2ccccc2)cc1-c1ccccc1-c1cccc(-c2ccc3c(c2)-c2ccccc2-c2cc(-c4ccccc4)ccc2O3)c1. The van der Waals surface area contributed by atoms with Gasteiger partial charge in [-0.05, 0) is 104 Å². The van der Waals surface area contributed by atoms with Crippen molar-refractivity contribution < 1.29 is 9.84 Å². The van der Waals surface area contributed by atoms with Crippen LogP contribution in [0.25, 0.3) is 77.9 Å². The van der Waals surface area contributed by atoms with Crippen LogP contribution in [0.1, 0.15) is 0 Å². The van der Waals surface area contributed by atoms with E-state index in [9.17, 15) is 5.11 Å². The van der Waals surface area contributed by atoms with E-state index >= 15 is 0 Å². The standard InChI is InChI=1S/C48H32O2/c49-46-25-22-35(32-12-3-1-4-13-32)29-43(46)40-19-8-7-18-39(40)38-17-11-16-34(28-38)37-24-27-48-45(31-37)42-21-10-9-20-41(42)44-30-36(23-26-47(44)50-48)33-14-5-2-6-15-33/h1-31,49H. The highest BCUT2D eigenvalue weighted by atomic mass is 16.5. The highest BCUT2D eigenvalue weighted by Gasteiger charge is 2.22. The average molecular weight is 641 g/mol. The van der Waals surface area contributed by atoms with Gasteiger partial charge in [0.15, 0.2) is 0 Å². The maximum atomic E-state index is 11.1. The Morgan fingerprint density at radius 1 is 0.260 bits per heavy atom. The fourth-order valence-electron chi connectivity index (χ4n) is 7.12. The molecule has 0 aromatic heterocycles. The Balaban J connectivity index is 1.12. The summed E-state index contributed by atoms with van der Waals surface area (Å²) in [6.45, 7) is 0. The van der Waals surface area contributed by atoms with E-state index in [-0.39, 0.29) is 5.75 Å². The number of ether oxygens (including phenoxy) is 1. The lowest BCUT2D eigenvalue weighted by Gasteiger charge is -2.15. The van der Waals surface area contributed by atoms with E-state index < -0.39 is 0 Å². The highest BCUT2D eigenvalue weighted by molar-refractivity contribution is 5.94. The maximum Gasteiger partial charge on any atom is 0.135 e. The molecule has 1 aliphatic heterocycles. The van der Waals surface area contributed by atoms with Crippen molar-refractivity contribution in [1.82, 2.24) is 0 Å². The van der Waals surface area contributed by atoms with Crippen molar-refractivity contribution in [2.45, 2.75) is 0 Å². The first kappa shape index (κ1) is 29.5. The largest absolute Gasteiger partial charge is 0.507 e. The molecule has 0 unspecified atom stereocenters. The number of hydrogen-bond acceptors (Lipinski definition) is 2. The molecule has 0 saturated carbocycles. The van der Waals surface area contributed by atoms with E-state index in [0.717, 1.165) is 83.8 Å². The van der Waals surface area contributed by atoms with Crippen molar-refractivity contribution in [2.75, 3.05) is 0 Å². The summed E-state index contributed by atoms with van der Waals surface area (Å²) in [5, 5.41) is 11.1. The van der Waals surface area contributed by atoms with Crippen molar-refractivity contribution in [3.05, 3.63) is 188 Å². The molecule has 1 heterocycles. The van der Waals surface area contributed by atoms with Gasteiger partial charge in [0.25, 0.3) is 0 Å². The third-order valence-corrected chi connectivity index (χ3v) is 9.62. The van der Waals surface area contributed by atoms with Gasteiger partial charge in [-0.3, -0.25) is 0 Å². The van der Waals surface area contributed by atoms with Gasteiger partial charge >= 0.3 is 0 Å². The third-order valence-electron chi connectivity index (χ3n) is 9.62. The Morgan fingerprint density at radius 2 is 0.660 bits per heavy atom. The molecule has 0 bridgehead atoms. The lowest BCUT2D eigenvalue weighted by atomic mass is 9.89. The van der Waals surface area contributed by atoms with Crippen molar-refractivity contribution in [2.24, 2.45) is 0 Å². The van der Waals surface area contributed by atoms with E-state index in [1.54, 1.807) is 6.07 Å². The van der Waals surface area contributed by atoms with Crippen molar-refractivity contribution in [3.8, 4) is 95.1 Å². The van der Waals surface area contributed by atoms with Crippen molar-refractivity contribution in [1.29, 1.82) is 0 Å². The predicted octanol–water partition coefficient (Wildman–Crippen LogP) is 13.2. The molecule has 1 N–H and O–H groups in total. The van der Waals surface area contributed by atoms with Crippen LogP contribution in [0.3, 0.4) is 0 Å². The lowest BCUT2D eigenvalue weighted by Crippen LogP contribution is -1.89. The Morgan fingerprint density at radius 3 is 1.24 bits per heavy atom. The van der Waals surface area contributed by atoms with Gasteiger partial charge in [0, 0.05) is 16.7 Å². The molecule has 2 nitrogen and oxygen atoms in total. The molecule has 0 saturated heterocycles. The molecule has 0 atom stereocenters. The third kappa shape index (κ3) is 5.34. The van der Waals surface area contributed by atoms with Crippen LogP contribution in [0, 0.1) is 0 Å². The van der Waals surface area contributed by atoms with Crippen LogP contribution in [-0.2, 0) is 0 Å². The van der Waals surface area contributed by atoms with Gasteiger partial charge in [-0.25, -0.2) is 0 Å². The second-order valence-electron chi connectivity index (χ2n) is 12.7. The van der Waals surface area contributed by atoms with Crippen LogP contribution in [0.15, 0.2) is 188 Å². The van der Waals surface area contributed by atoms with Crippen molar-refractivity contribution in [3.63, 3.8) is 0 Å². The molecule has 0 spiro atoms. The summed E-state index contributed by atoms with van der Waals surface area (Å²) in [5.74, 6) is 1.94. The monoisotopic (exact) mass is 640 g/mol. The van der Waals surface area contributed by atoms with Crippen molar-refractivity contribution >= 4 is 0 Å². The number of phenolic OH excluding ortho intramolecular Hbond substituents is 1. The minimum atomic E-state index is 0.259. The molecule has 50 heavy (non-hydrogen) atoms. The molecule has 2 heteroatoms. The van der Waals surface area contributed by atoms with Gasteiger partial charge in [-0.15, -0.1) is 0 Å². The number of aromatic hydroxyl groups is 1. The second kappa shape index (κ2) is 12.4. The summed E-state index contributed by atoms with van der Waals surface area (Å²) in [4.78, 5) is 0. The predicted molar refractivity (Wildman–Crippen MR) is 206 cm³/mol. The summed E-state index contributed by atoms with van der Waals surface area (Å²) in [7, 11) is 0. The minimum Gasteiger partial charge on any atom is -0.507 e. The lowest BCUT2D eigenvalue weighted by molar-refractivity contribution is 0.477. The number of hydrogen-bond donors (Lipinski definition) is 1. The highest BCUT2D eigenvalue weighted by Crippen LogP contribution is 2.49. The fraction of sp³-hybridized carbons (Fsp3) is 0. The molecule has 0 radical (unpaired) electrons. The zero-order chi connectivity index (χ0) is 33.4. The zero-order valence-corrected chi connectivity index (χ0v) is 27.3. The molecule has 8 aromatic rings. The summed E-state index contributed by atoms with van der Waals surface area (Å²) in [6, 6.07) is 65.1. The van der Waals surface area contributed by atoms with Crippen LogP contribution in [0.5, 0.6) is 17.2 Å². The maximum absolute atomic E-state index is 11.1. The molecule has 0 amide bonds. The first-order chi connectivity index (χ1) is 24.7. The van der Waals surface area contributed by atoms with Crippen LogP contribution in [0.4, 0.5) is 0 Å². The summed E-state index contributed by atoms with van der Waals surface area (Å²) >= 11 is 0. The molecule has 0 aliphatic carbocycles. The summed E-state index contributed by atoms with van der Waals surface area (Å²) < 4.78 is 6.65. The van der Waals surface area contributed by atoms with Gasteiger partial charge in [-0.1, -0.05) is 146 Å². The van der Waals surface area contributed by atoms with Gasteiger partial charge in [-0.2, -0.15) is 0 Å². The molecular formula is C48H32O2. The van der Waals surface area contributed by atoms with Gasteiger partial charge in [0.2, 0.25) is 0 Å². The van der Waals surface area contributed by atoms with Gasteiger partial charge in [0.05, 0.1) is 0 Å². The van der Waals surface area contributed by atoms with E-state index in [1.807, 2.05) is 36.4 Å². The van der Waals surface area contributed by atoms with Crippen LogP contribution < -0.4 is 4.74 Å². The van der Waals surface area contributed by atoms with Crippen LogP contribution in [0.2, 0.25) is 0 Å². The summed E-state index contributed by atoms with van der Waals surface area (Å²) in [6.07, 6.45) is 0. The fourth-order valence-corrected chi connectivity index (χ4v) is 7.12. The molecule has 9 rings (SSSR count).